The molecule has 1 atom stereocenters. The number of hydrogen-bond acceptors (Lipinski definition) is 4. The van der Waals surface area contributed by atoms with Gasteiger partial charge in [-0.05, 0) is 17.9 Å². The third-order valence-corrected chi connectivity index (χ3v) is 4.05. The van der Waals surface area contributed by atoms with Crippen LogP contribution in [-0.2, 0) is 14.3 Å². The van der Waals surface area contributed by atoms with Gasteiger partial charge in [0.2, 0.25) is 5.91 Å². The lowest BCUT2D eigenvalue weighted by Crippen LogP contribution is -2.41. The van der Waals surface area contributed by atoms with Crippen molar-refractivity contribution >= 4 is 23.2 Å². The van der Waals surface area contributed by atoms with Gasteiger partial charge in [0.25, 0.3) is 0 Å². The lowest BCUT2D eigenvalue weighted by Gasteiger charge is -2.30. The molecule has 4 nitrogen and oxygen atoms in total. The topological polar surface area (TPSA) is 46.6 Å². The van der Waals surface area contributed by atoms with E-state index < -0.39 is 0 Å². The van der Waals surface area contributed by atoms with Crippen LogP contribution in [-0.4, -0.2) is 37.0 Å². The molecule has 2 heterocycles. The van der Waals surface area contributed by atoms with Crippen LogP contribution in [0, 0.1) is 0 Å². The predicted octanol–water partition coefficient (Wildman–Crippen LogP) is 1.63. The Bertz CT molecular complexity index is 402. The third-order valence-electron chi connectivity index (χ3n) is 3.01. The summed E-state index contributed by atoms with van der Waals surface area (Å²) in [6, 6.07) is 4.07. The van der Waals surface area contributed by atoms with E-state index in [1.165, 1.54) is 12.0 Å². The molecule has 0 bridgehead atoms. The second-order valence-corrected chi connectivity index (χ2v) is 5.08. The van der Waals surface area contributed by atoms with Crippen LogP contribution in [0.1, 0.15) is 23.6 Å². The minimum atomic E-state index is -0.354. The van der Waals surface area contributed by atoms with Crippen molar-refractivity contribution in [1.82, 2.24) is 4.90 Å². The van der Waals surface area contributed by atoms with E-state index >= 15 is 0 Å². The number of rotatable bonds is 3. The Labute approximate surface area is 104 Å². The van der Waals surface area contributed by atoms with Gasteiger partial charge in [-0.15, -0.1) is 11.3 Å². The van der Waals surface area contributed by atoms with E-state index in [0.29, 0.717) is 18.9 Å². The fraction of sp³-hybridized carbons (Fsp3) is 0.500. The first-order chi connectivity index (χ1) is 8.20. The summed E-state index contributed by atoms with van der Waals surface area (Å²) in [7, 11) is 1.34. The summed E-state index contributed by atoms with van der Waals surface area (Å²) >= 11 is 1.69. The van der Waals surface area contributed by atoms with Crippen LogP contribution < -0.4 is 0 Å². The Morgan fingerprint density at radius 2 is 2.47 bits per heavy atom. The maximum Gasteiger partial charge on any atom is 0.325 e. The van der Waals surface area contributed by atoms with Crippen molar-refractivity contribution in [1.29, 1.82) is 0 Å². The zero-order valence-electron chi connectivity index (χ0n) is 9.72. The molecule has 1 aliphatic rings. The number of ether oxygens (including phenoxy) is 1. The Hall–Kier alpha value is -1.36. The van der Waals surface area contributed by atoms with Crippen LogP contribution in [0.15, 0.2) is 17.5 Å². The second-order valence-electron chi connectivity index (χ2n) is 4.10. The minimum Gasteiger partial charge on any atom is -0.468 e. The molecule has 17 heavy (non-hydrogen) atoms. The van der Waals surface area contributed by atoms with E-state index in [4.69, 9.17) is 0 Å². The molecular weight excluding hydrogens is 238 g/mol. The normalized spacial score (nSPS) is 20.4. The largest absolute Gasteiger partial charge is 0.468 e. The van der Waals surface area contributed by atoms with Crippen LogP contribution in [0.25, 0.3) is 0 Å². The number of hydrogen-bond donors (Lipinski definition) is 0. The number of esters is 1. The predicted molar refractivity (Wildman–Crippen MR) is 64.9 cm³/mol. The zero-order valence-corrected chi connectivity index (χ0v) is 10.5. The molecule has 1 saturated heterocycles. The summed E-state index contributed by atoms with van der Waals surface area (Å²) in [5.74, 6) is 0.00405. The van der Waals surface area contributed by atoms with Gasteiger partial charge in [-0.1, -0.05) is 6.07 Å². The molecule has 0 saturated carbocycles. The maximum absolute atomic E-state index is 11.9. The van der Waals surface area contributed by atoms with E-state index in [1.807, 2.05) is 11.4 Å². The van der Waals surface area contributed by atoms with Gasteiger partial charge >= 0.3 is 5.97 Å². The van der Waals surface area contributed by atoms with Gasteiger partial charge in [0.1, 0.15) is 6.54 Å². The minimum absolute atomic E-state index is 0.0417. The van der Waals surface area contributed by atoms with Gasteiger partial charge in [0.05, 0.1) is 7.11 Å². The number of amides is 1. The highest BCUT2D eigenvalue weighted by Crippen LogP contribution is 2.31. The number of carbonyl (C=O) groups excluding carboxylic acids is 2. The Morgan fingerprint density at radius 3 is 3.06 bits per heavy atom. The van der Waals surface area contributed by atoms with E-state index in [9.17, 15) is 9.59 Å². The van der Waals surface area contributed by atoms with Crippen LogP contribution in [0.3, 0.4) is 0 Å². The quantitative estimate of drug-likeness (QED) is 0.769. The molecular formula is C12H15NO3S. The standard InChI is InChI=1S/C12H15NO3S/c1-16-12(15)8-13-5-4-9(7-11(13)14)10-3-2-6-17-10/h2-3,6,9H,4-5,7-8H2,1H3. The van der Waals surface area contributed by atoms with E-state index in [0.717, 1.165) is 6.42 Å². The third kappa shape index (κ3) is 2.85. The van der Waals surface area contributed by atoms with Crippen LogP contribution >= 0.6 is 11.3 Å². The summed E-state index contributed by atoms with van der Waals surface area (Å²) in [5.41, 5.74) is 0. The van der Waals surface area contributed by atoms with E-state index in [1.54, 1.807) is 16.2 Å². The molecule has 92 valence electrons. The highest BCUT2D eigenvalue weighted by molar-refractivity contribution is 7.10. The number of thiophene rings is 1. The van der Waals surface area contributed by atoms with Gasteiger partial charge in [-0.3, -0.25) is 9.59 Å². The van der Waals surface area contributed by atoms with Gasteiger partial charge < -0.3 is 9.64 Å². The molecule has 0 radical (unpaired) electrons. The molecule has 1 aromatic rings. The lowest BCUT2D eigenvalue weighted by molar-refractivity contribution is -0.148. The number of piperidine rings is 1. The van der Waals surface area contributed by atoms with Gasteiger partial charge in [-0.25, -0.2) is 0 Å². The molecule has 1 unspecified atom stereocenters. The molecule has 1 aliphatic heterocycles. The Balaban J connectivity index is 1.93. The molecule has 0 spiro atoms. The van der Waals surface area contributed by atoms with Crippen molar-refractivity contribution in [3.63, 3.8) is 0 Å². The molecule has 1 amide bonds. The smallest absolute Gasteiger partial charge is 0.325 e. The first-order valence-corrected chi connectivity index (χ1v) is 6.46. The fourth-order valence-corrected chi connectivity index (χ4v) is 2.90. The summed E-state index contributed by atoms with van der Waals surface area (Å²) in [6.45, 7) is 0.711. The van der Waals surface area contributed by atoms with Crippen molar-refractivity contribution in [2.24, 2.45) is 0 Å². The Kier molecular flexibility index (Phi) is 3.78. The van der Waals surface area contributed by atoms with Gasteiger partial charge in [-0.2, -0.15) is 0 Å². The maximum atomic E-state index is 11.9. The molecule has 1 aromatic heterocycles. The highest BCUT2D eigenvalue weighted by Gasteiger charge is 2.28. The average molecular weight is 253 g/mol. The van der Waals surface area contributed by atoms with Crippen molar-refractivity contribution in [2.75, 3.05) is 20.2 Å². The Morgan fingerprint density at radius 1 is 1.65 bits per heavy atom. The first kappa shape index (κ1) is 12.1. The second kappa shape index (κ2) is 5.31. The zero-order chi connectivity index (χ0) is 12.3. The van der Waals surface area contributed by atoms with Gasteiger partial charge in [0, 0.05) is 23.8 Å². The van der Waals surface area contributed by atoms with Crippen LogP contribution in [0.4, 0.5) is 0 Å². The summed E-state index contributed by atoms with van der Waals surface area (Å²) in [5, 5.41) is 2.03. The summed E-state index contributed by atoms with van der Waals surface area (Å²) < 4.78 is 4.57. The number of carbonyl (C=O) groups is 2. The van der Waals surface area contributed by atoms with Crippen molar-refractivity contribution < 1.29 is 14.3 Å². The monoisotopic (exact) mass is 253 g/mol. The number of nitrogens with zero attached hydrogens (tertiary/aromatic N) is 1. The SMILES string of the molecule is COC(=O)CN1CCC(c2cccs2)CC1=O. The fourth-order valence-electron chi connectivity index (χ4n) is 2.03. The first-order valence-electron chi connectivity index (χ1n) is 5.58. The summed E-state index contributed by atoms with van der Waals surface area (Å²) in [6.07, 6.45) is 1.42. The van der Waals surface area contributed by atoms with Crippen molar-refractivity contribution in [3.8, 4) is 0 Å². The van der Waals surface area contributed by atoms with Crippen molar-refractivity contribution in [3.05, 3.63) is 22.4 Å². The van der Waals surface area contributed by atoms with Gasteiger partial charge in [0.15, 0.2) is 0 Å². The van der Waals surface area contributed by atoms with Crippen LogP contribution in [0.2, 0.25) is 0 Å². The molecule has 0 aromatic carbocycles. The van der Waals surface area contributed by atoms with E-state index in [2.05, 4.69) is 10.8 Å². The molecule has 0 aliphatic carbocycles. The highest BCUT2D eigenvalue weighted by atomic mass is 32.1. The molecule has 0 N–H and O–H groups in total. The van der Waals surface area contributed by atoms with Crippen molar-refractivity contribution in [2.45, 2.75) is 18.8 Å². The molecule has 1 fully saturated rings. The number of likely N-dealkylation sites (tertiary alicyclic amines) is 1. The molecule has 2 rings (SSSR count). The molecule has 5 heteroatoms. The van der Waals surface area contributed by atoms with Crippen LogP contribution in [0.5, 0.6) is 0 Å². The summed E-state index contributed by atoms with van der Waals surface area (Å²) in [4.78, 5) is 25.8. The van der Waals surface area contributed by atoms with E-state index in [-0.39, 0.29) is 18.4 Å². The average Bonchev–Trinajstić information content (AvgIpc) is 2.85. The number of methoxy groups -OCH3 is 1. The lowest BCUT2D eigenvalue weighted by atomic mass is 9.95.